The van der Waals surface area contributed by atoms with E-state index in [1.54, 1.807) is 0 Å². The number of amides is 1. The Morgan fingerprint density at radius 1 is 1.62 bits per heavy atom. The van der Waals surface area contributed by atoms with E-state index in [-0.39, 0.29) is 17.7 Å². The molecule has 114 valence electrons. The van der Waals surface area contributed by atoms with Gasteiger partial charge in [-0.25, -0.2) is 4.79 Å². The average molecular weight is 314 g/mol. The summed E-state index contributed by atoms with van der Waals surface area (Å²) in [7, 11) is 0. The van der Waals surface area contributed by atoms with Gasteiger partial charge in [-0.15, -0.1) is 11.8 Å². The van der Waals surface area contributed by atoms with Gasteiger partial charge in [-0.2, -0.15) is 4.68 Å². The summed E-state index contributed by atoms with van der Waals surface area (Å²) in [5, 5.41) is 23.2. The second-order valence-electron chi connectivity index (χ2n) is 4.48. The third-order valence-corrected chi connectivity index (χ3v) is 4.58. The van der Waals surface area contributed by atoms with E-state index in [1.165, 1.54) is 28.9 Å². The summed E-state index contributed by atoms with van der Waals surface area (Å²) < 4.78 is 1.15. The number of carbonyl (C=O) groups excluding carboxylic acids is 1. The van der Waals surface area contributed by atoms with Crippen LogP contribution in [0.4, 0.5) is 5.82 Å². The Hall–Kier alpha value is -2.10. The molecule has 1 aliphatic rings. The lowest BCUT2D eigenvalue weighted by molar-refractivity contribution is -0.389. The van der Waals surface area contributed by atoms with E-state index in [2.05, 4.69) is 5.10 Å². The number of hydrogen-bond donors (Lipinski definition) is 1. The first-order chi connectivity index (χ1) is 9.93. The molecule has 2 heterocycles. The molecule has 0 aliphatic carbocycles. The highest BCUT2D eigenvalue weighted by atomic mass is 32.2. The highest BCUT2D eigenvalue weighted by molar-refractivity contribution is 8.00. The summed E-state index contributed by atoms with van der Waals surface area (Å²) >= 11 is 1.42. The van der Waals surface area contributed by atoms with E-state index in [1.807, 2.05) is 6.92 Å². The fourth-order valence-corrected chi connectivity index (χ4v) is 3.53. The van der Waals surface area contributed by atoms with E-state index in [9.17, 15) is 19.7 Å². The van der Waals surface area contributed by atoms with Gasteiger partial charge in [-0.3, -0.25) is 4.79 Å². The number of carboxylic acids is 1. The Labute approximate surface area is 124 Å². The normalized spacial score (nSPS) is 21.5. The molecule has 2 rings (SSSR count). The SMILES string of the molecule is CCC1SCC(C(=O)O)N1C(=O)Cn1ccc([N+](=O)[O-])n1. The molecule has 1 fully saturated rings. The molecule has 0 spiro atoms. The molecular formula is C11H14N4O5S. The minimum absolute atomic E-state index is 0.191. The van der Waals surface area contributed by atoms with Crippen molar-refractivity contribution >= 4 is 29.5 Å². The molecule has 21 heavy (non-hydrogen) atoms. The molecular weight excluding hydrogens is 300 g/mol. The summed E-state index contributed by atoms with van der Waals surface area (Å²) in [5.41, 5.74) is 0. The number of rotatable bonds is 5. The Morgan fingerprint density at radius 3 is 2.86 bits per heavy atom. The Kier molecular flexibility index (Phi) is 4.46. The molecule has 1 N–H and O–H groups in total. The zero-order valence-electron chi connectivity index (χ0n) is 11.2. The van der Waals surface area contributed by atoms with Gasteiger partial charge in [0, 0.05) is 5.75 Å². The van der Waals surface area contributed by atoms with Crippen molar-refractivity contribution in [3.8, 4) is 0 Å². The van der Waals surface area contributed by atoms with Crippen molar-refractivity contribution in [2.75, 3.05) is 5.75 Å². The van der Waals surface area contributed by atoms with Crippen LogP contribution in [0.15, 0.2) is 12.3 Å². The lowest BCUT2D eigenvalue weighted by atomic mass is 10.2. The van der Waals surface area contributed by atoms with Crippen molar-refractivity contribution < 1.29 is 19.6 Å². The van der Waals surface area contributed by atoms with Gasteiger partial charge in [0.2, 0.25) is 5.91 Å². The number of nitro groups is 1. The largest absolute Gasteiger partial charge is 0.480 e. The number of thioether (sulfide) groups is 1. The predicted octanol–water partition coefficient (Wildman–Crippen LogP) is 0.556. The van der Waals surface area contributed by atoms with E-state index < -0.39 is 22.8 Å². The zero-order chi connectivity index (χ0) is 15.6. The molecule has 1 aromatic rings. The lowest BCUT2D eigenvalue weighted by Gasteiger charge is -2.26. The number of carboxylic acid groups (broad SMARTS) is 1. The summed E-state index contributed by atoms with van der Waals surface area (Å²) in [6.45, 7) is 1.66. The molecule has 9 nitrogen and oxygen atoms in total. The van der Waals surface area contributed by atoms with Crippen molar-refractivity contribution in [1.29, 1.82) is 0 Å². The minimum Gasteiger partial charge on any atom is -0.480 e. The smallest absolute Gasteiger partial charge is 0.389 e. The first kappa shape index (κ1) is 15.3. The Bertz CT molecular complexity index is 575. The summed E-state index contributed by atoms with van der Waals surface area (Å²) in [5.74, 6) is -1.45. The summed E-state index contributed by atoms with van der Waals surface area (Å²) in [6, 6.07) is 0.329. The van der Waals surface area contributed by atoms with Crippen molar-refractivity contribution in [3.05, 3.63) is 22.4 Å². The second-order valence-corrected chi connectivity index (χ2v) is 5.69. The summed E-state index contributed by atoms with van der Waals surface area (Å²) in [6.07, 6.45) is 1.97. The standard InChI is InChI=1S/C11H14N4O5S/c1-2-10-14(7(6-21-10)11(17)18)9(16)5-13-4-3-8(12-13)15(19)20/h3-4,7,10H,2,5-6H2,1H3,(H,17,18). The van der Waals surface area contributed by atoms with Gasteiger partial charge in [-0.1, -0.05) is 6.92 Å². The van der Waals surface area contributed by atoms with Crippen molar-refractivity contribution in [3.63, 3.8) is 0 Å². The second kappa shape index (κ2) is 6.12. The van der Waals surface area contributed by atoms with Gasteiger partial charge >= 0.3 is 11.8 Å². The molecule has 1 saturated heterocycles. The molecule has 0 aromatic carbocycles. The maximum absolute atomic E-state index is 12.3. The van der Waals surface area contributed by atoms with E-state index >= 15 is 0 Å². The van der Waals surface area contributed by atoms with Gasteiger partial charge in [-0.05, 0) is 11.3 Å². The molecule has 1 aliphatic heterocycles. The van der Waals surface area contributed by atoms with Gasteiger partial charge in [0.25, 0.3) is 0 Å². The van der Waals surface area contributed by atoms with Crippen molar-refractivity contribution in [2.45, 2.75) is 31.3 Å². The van der Waals surface area contributed by atoms with Gasteiger partial charge < -0.3 is 20.1 Å². The van der Waals surface area contributed by atoms with Gasteiger partial charge in [0.05, 0.1) is 22.7 Å². The molecule has 0 saturated carbocycles. The van der Waals surface area contributed by atoms with Crippen molar-refractivity contribution in [2.24, 2.45) is 0 Å². The quantitative estimate of drug-likeness (QED) is 0.623. The van der Waals surface area contributed by atoms with Crippen LogP contribution in [0.1, 0.15) is 13.3 Å². The highest BCUT2D eigenvalue weighted by Gasteiger charge is 2.40. The lowest BCUT2D eigenvalue weighted by Crippen LogP contribution is -2.46. The third-order valence-electron chi connectivity index (χ3n) is 3.13. The molecule has 0 bridgehead atoms. The van der Waals surface area contributed by atoms with Crippen LogP contribution in [0.5, 0.6) is 0 Å². The van der Waals surface area contributed by atoms with Gasteiger partial charge in [0.1, 0.15) is 12.6 Å². The maximum Gasteiger partial charge on any atom is 0.389 e. The van der Waals surface area contributed by atoms with Crippen LogP contribution in [-0.2, 0) is 16.1 Å². The molecule has 1 aromatic heterocycles. The van der Waals surface area contributed by atoms with Crippen LogP contribution >= 0.6 is 11.8 Å². The first-order valence-electron chi connectivity index (χ1n) is 6.27. The number of aliphatic carboxylic acids is 1. The van der Waals surface area contributed by atoms with Crippen LogP contribution in [-0.4, -0.2) is 53.8 Å². The molecule has 0 radical (unpaired) electrons. The number of aromatic nitrogens is 2. The average Bonchev–Trinajstić information content (AvgIpc) is 3.03. The van der Waals surface area contributed by atoms with E-state index in [0.717, 1.165) is 4.68 Å². The van der Waals surface area contributed by atoms with Crippen LogP contribution in [0, 0.1) is 10.1 Å². The van der Waals surface area contributed by atoms with E-state index in [0.29, 0.717) is 12.2 Å². The van der Waals surface area contributed by atoms with Crippen LogP contribution in [0.3, 0.4) is 0 Å². The Balaban J connectivity index is 2.12. The van der Waals surface area contributed by atoms with Crippen LogP contribution < -0.4 is 0 Å². The van der Waals surface area contributed by atoms with Crippen LogP contribution in [0.25, 0.3) is 0 Å². The maximum atomic E-state index is 12.3. The molecule has 2 unspecified atom stereocenters. The fraction of sp³-hybridized carbons (Fsp3) is 0.545. The minimum atomic E-state index is -1.04. The van der Waals surface area contributed by atoms with Crippen LogP contribution in [0.2, 0.25) is 0 Å². The molecule has 10 heteroatoms. The Morgan fingerprint density at radius 2 is 2.33 bits per heavy atom. The zero-order valence-corrected chi connectivity index (χ0v) is 12.0. The predicted molar refractivity (Wildman–Crippen MR) is 73.7 cm³/mol. The van der Waals surface area contributed by atoms with Crippen molar-refractivity contribution in [1.82, 2.24) is 14.7 Å². The third kappa shape index (κ3) is 3.15. The number of nitrogens with zero attached hydrogens (tertiary/aromatic N) is 4. The van der Waals surface area contributed by atoms with Gasteiger partial charge in [0.15, 0.2) is 0 Å². The summed E-state index contributed by atoms with van der Waals surface area (Å²) in [4.78, 5) is 34.7. The highest BCUT2D eigenvalue weighted by Crippen LogP contribution is 2.31. The first-order valence-corrected chi connectivity index (χ1v) is 7.32. The number of hydrogen-bond acceptors (Lipinski definition) is 6. The fourth-order valence-electron chi connectivity index (χ4n) is 2.16. The molecule has 1 amide bonds. The molecule has 2 atom stereocenters. The van der Waals surface area contributed by atoms with E-state index in [4.69, 9.17) is 5.11 Å². The number of carbonyl (C=O) groups is 2. The monoisotopic (exact) mass is 314 g/mol. The topological polar surface area (TPSA) is 119 Å².